The first-order chi connectivity index (χ1) is 7.56. The highest BCUT2D eigenvalue weighted by molar-refractivity contribution is 7.89. The van der Waals surface area contributed by atoms with Crippen molar-refractivity contribution in [1.82, 2.24) is 4.72 Å². The van der Waals surface area contributed by atoms with E-state index in [2.05, 4.69) is 4.72 Å². The number of ether oxygens (including phenoxy) is 2. The van der Waals surface area contributed by atoms with Crippen molar-refractivity contribution in [2.75, 3.05) is 26.0 Å². The molecule has 0 radical (unpaired) electrons. The Bertz CT molecular complexity index is 512. The number of benzene rings is 1. The second-order valence-electron chi connectivity index (χ2n) is 3.22. The first-order valence-corrected chi connectivity index (χ1v) is 6.16. The predicted molar refractivity (Wildman–Crippen MR) is 58.1 cm³/mol. The summed E-state index contributed by atoms with van der Waals surface area (Å²) < 4.78 is 36.3. The van der Waals surface area contributed by atoms with Crippen molar-refractivity contribution in [1.29, 1.82) is 0 Å². The van der Waals surface area contributed by atoms with Crippen molar-refractivity contribution in [2.24, 2.45) is 0 Å². The average molecular weight is 244 g/mol. The normalized spacial score (nSPS) is 14.8. The fourth-order valence-corrected chi connectivity index (χ4v) is 2.47. The van der Waals surface area contributed by atoms with Gasteiger partial charge in [-0.2, -0.15) is 0 Å². The summed E-state index contributed by atoms with van der Waals surface area (Å²) in [7, 11) is -2.33. The number of hydrogen-bond donors (Lipinski definition) is 2. The zero-order valence-electron chi connectivity index (χ0n) is 8.69. The number of nitrogens with one attached hydrogen (secondary N) is 1. The lowest BCUT2D eigenvalue weighted by atomic mass is 10.2. The molecule has 1 aliphatic rings. The summed E-state index contributed by atoms with van der Waals surface area (Å²) in [6, 6.07) is 3.08. The molecule has 16 heavy (non-hydrogen) atoms. The van der Waals surface area contributed by atoms with Gasteiger partial charge >= 0.3 is 0 Å². The summed E-state index contributed by atoms with van der Waals surface area (Å²) >= 11 is 0. The van der Waals surface area contributed by atoms with Crippen LogP contribution in [0.5, 0.6) is 11.5 Å². The molecular formula is C9H12N2O4S. The molecule has 3 N–H and O–H groups in total. The Morgan fingerprint density at radius 3 is 2.69 bits per heavy atom. The lowest BCUT2D eigenvalue weighted by Crippen LogP contribution is -2.24. The minimum atomic E-state index is -3.65. The fraction of sp³-hybridized carbons (Fsp3) is 0.333. The summed E-state index contributed by atoms with van der Waals surface area (Å²) in [6.45, 7) is 0.707. The van der Waals surface area contributed by atoms with E-state index in [0.717, 1.165) is 0 Å². The molecular weight excluding hydrogens is 232 g/mol. The Balaban J connectivity index is 2.68. The summed E-state index contributed by atoms with van der Waals surface area (Å²) in [4.78, 5) is -0.0628. The lowest BCUT2D eigenvalue weighted by molar-refractivity contribution is 0.167. The lowest BCUT2D eigenvalue weighted by Gasteiger charge is -2.21. The van der Waals surface area contributed by atoms with Crippen LogP contribution in [0.4, 0.5) is 5.69 Å². The second-order valence-corrected chi connectivity index (χ2v) is 5.04. The molecule has 0 fully saturated rings. The van der Waals surface area contributed by atoms with Crippen LogP contribution in [-0.4, -0.2) is 28.7 Å². The number of nitrogens with two attached hydrogens (primary N) is 1. The molecule has 6 nitrogen and oxygen atoms in total. The van der Waals surface area contributed by atoms with Gasteiger partial charge in [0, 0.05) is 0 Å². The number of sulfonamides is 1. The largest absolute Gasteiger partial charge is 0.486 e. The van der Waals surface area contributed by atoms with E-state index in [1.54, 1.807) is 6.07 Å². The van der Waals surface area contributed by atoms with Gasteiger partial charge in [-0.15, -0.1) is 0 Å². The Labute approximate surface area is 93.4 Å². The SMILES string of the molecule is CNS(=O)(=O)c1c(N)ccc2c1OCCO2. The zero-order valence-corrected chi connectivity index (χ0v) is 9.50. The topological polar surface area (TPSA) is 90.7 Å². The van der Waals surface area contributed by atoms with Gasteiger partial charge in [0.15, 0.2) is 16.4 Å². The van der Waals surface area contributed by atoms with Crippen molar-refractivity contribution >= 4 is 15.7 Å². The van der Waals surface area contributed by atoms with Crippen LogP contribution in [0.1, 0.15) is 0 Å². The van der Waals surface area contributed by atoms with E-state index < -0.39 is 10.0 Å². The molecule has 1 aromatic carbocycles. The highest BCUT2D eigenvalue weighted by Crippen LogP contribution is 2.39. The van der Waals surface area contributed by atoms with E-state index in [0.29, 0.717) is 19.0 Å². The smallest absolute Gasteiger partial charge is 0.246 e. The summed E-state index contributed by atoms with van der Waals surface area (Å²) in [6.07, 6.45) is 0. The number of nitrogen functional groups attached to an aromatic ring is 1. The molecule has 0 unspecified atom stereocenters. The van der Waals surface area contributed by atoms with Gasteiger partial charge in [0.2, 0.25) is 10.0 Å². The first-order valence-electron chi connectivity index (χ1n) is 4.68. The van der Waals surface area contributed by atoms with E-state index in [1.165, 1.54) is 13.1 Å². The van der Waals surface area contributed by atoms with Gasteiger partial charge < -0.3 is 15.2 Å². The second kappa shape index (κ2) is 3.84. The van der Waals surface area contributed by atoms with Gasteiger partial charge in [0.1, 0.15) is 13.2 Å². The van der Waals surface area contributed by atoms with E-state index in [4.69, 9.17) is 15.2 Å². The molecule has 0 aliphatic carbocycles. The van der Waals surface area contributed by atoms with Crippen LogP contribution in [0.2, 0.25) is 0 Å². The molecule has 1 aromatic rings. The zero-order chi connectivity index (χ0) is 11.8. The molecule has 7 heteroatoms. The maximum absolute atomic E-state index is 11.8. The molecule has 1 heterocycles. The van der Waals surface area contributed by atoms with Gasteiger partial charge in [0.25, 0.3) is 0 Å². The third-order valence-corrected chi connectivity index (χ3v) is 3.73. The Kier molecular flexibility index (Phi) is 2.64. The van der Waals surface area contributed by atoms with Crippen LogP contribution in [0.25, 0.3) is 0 Å². The van der Waals surface area contributed by atoms with E-state index in [9.17, 15) is 8.42 Å². The highest BCUT2D eigenvalue weighted by Gasteiger charge is 2.26. The molecule has 88 valence electrons. The molecule has 0 atom stereocenters. The van der Waals surface area contributed by atoms with Crippen LogP contribution in [0.15, 0.2) is 17.0 Å². The van der Waals surface area contributed by atoms with Gasteiger partial charge in [-0.1, -0.05) is 0 Å². The van der Waals surface area contributed by atoms with Crippen LogP contribution in [-0.2, 0) is 10.0 Å². The van der Waals surface area contributed by atoms with Crippen LogP contribution in [0, 0.1) is 0 Å². The van der Waals surface area contributed by atoms with Crippen molar-refractivity contribution in [2.45, 2.75) is 4.90 Å². The van der Waals surface area contributed by atoms with E-state index in [1.807, 2.05) is 0 Å². The number of hydrogen-bond acceptors (Lipinski definition) is 5. The van der Waals surface area contributed by atoms with Crippen molar-refractivity contribution in [3.63, 3.8) is 0 Å². The van der Waals surface area contributed by atoms with Crippen LogP contribution >= 0.6 is 0 Å². The molecule has 0 bridgehead atoms. The third-order valence-electron chi connectivity index (χ3n) is 2.23. The minimum absolute atomic E-state index is 0.0628. The molecule has 0 spiro atoms. The number of rotatable bonds is 2. The number of fused-ring (bicyclic) bond motifs is 1. The van der Waals surface area contributed by atoms with Crippen molar-refractivity contribution in [3.05, 3.63) is 12.1 Å². The first kappa shape index (κ1) is 11.0. The minimum Gasteiger partial charge on any atom is -0.486 e. The van der Waals surface area contributed by atoms with Crippen molar-refractivity contribution in [3.8, 4) is 11.5 Å². The fourth-order valence-electron chi connectivity index (χ4n) is 1.48. The van der Waals surface area contributed by atoms with Gasteiger partial charge in [-0.3, -0.25) is 0 Å². The third kappa shape index (κ3) is 1.68. The Morgan fingerprint density at radius 1 is 1.31 bits per heavy atom. The number of anilines is 1. The maximum Gasteiger partial charge on any atom is 0.246 e. The highest BCUT2D eigenvalue weighted by atomic mass is 32.2. The Hall–Kier alpha value is -1.47. The summed E-state index contributed by atoms with van der Waals surface area (Å²) in [5.74, 6) is 0.579. The van der Waals surface area contributed by atoms with Crippen LogP contribution < -0.4 is 19.9 Å². The molecule has 2 rings (SSSR count). The molecule has 0 saturated heterocycles. The van der Waals surface area contributed by atoms with E-state index >= 15 is 0 Å². The standard InChI is InChI=1S/C9H12N2O4S/c1-11-16(12,13)9-6(10)2-3-7-8(9)15-5-4-14-7/h2-3,11H,4-5,10H2,1H3. The van der Waals surface area contributed by atoms with Gasteiger partial charge in [-0.05, 0) is 19.2 Å². The average Bonchev–Trinajstić information content (AvgIpc) is 2.28. The summed E-state index contributed by atoms with van der Waals surface area (Å²) in [5.41, 5.74) is 5.79. The Morgan fingerprint density at radius 2 is 2.00 bits per heavy atom. The molecule has 0 amide bonds. The molecule has 0 saturated carbocycles. The van der Waals surface area contributed by atoms with Crippen LogP contribution in [0.3, 0.4) is 0 Å². The van der Waals surface area contributed by atoms with E-state index in [-0.39, 0.29) is 16.3 Å². The van der Waals surface area contributed by atoms with Gasteiger partial charge in [-0.25, -0.2) is 13.1 Å². The monoisotopic (exact) mass is 244 g/mol. The summed E-state index contributed by atoms with van der Waals surface area (Å²) in [5, 5.41) is 0. The quantitative estimate of drug-likeness (QED) is 0.712. The molecule has 0 aromatic heterocycles. The van der Waals surface area contributed by atoms with Crippen molar-refractivity contribution < 1.29 is 17.9 Å². The molecule has 1 aliphatic heterocycles. The predicted octanol–water partition coefficient (Wildman–Crippen LogP) is -0.0519. The van der Waals surface area contributed by atoms with Gasteiger partial charge in [0.05, 0.1) is 5.69 Å². The maximum atomic E-state index is 11.8.